The van der Waals surface area contributed by atoms with Crippen molar-refractivity contribution in [2.45, 2.75) is 46.1 Å². The minimum atomic E-state index is -0.272. The van der Waals surface area contributed by atoms with Crippen LogP contribution in [0.5, 0.6) is 0 Å². The molecule has 2 rings (SSSR count). The zero-order chi connectivity index (χ0) is 18.9. The SMILES string of the molecule is CN=C(NCCc1coc(-c2ccc(F)cc2)n1)NC(C)CCC(C)C. The van der Waals surface area contributed by atoms with Gasteiger partial charge in [-0.05, 0) is 49.9 Å². The monoisotopic (exact) mass is 360 g/mol. The van der Waals surface area contributed by atoms with E-state index in [-0.39, 0.29) is 5.82 Å². The summed E-state index contributed by atoms with van der Waals surface area (Å²) < 4.78 is 18.5. The predicted molar refractivity (Wildman–Crippen MR) is 104 cm³/mol. The number of oxazole rings is 1. The van der Waals surface area contributed by atoms with Crippen molar-refractivity contribution < 1.29 is 8.81 Å². The average molecular weight is 360 g/mol. The van der Waals surface area contributed by atoms with Crippen LogP contribution in [-0.2, 0) is 6.42 Å². The lowest BCUT2D eigenvalue weighted by molar-refractivity contribution is 0.489. The Bertz CT molecular complexity index is 694. The van der Waals surface area contributed by atoms with Gasteiger partial charge >= 0.3 is 0 Å². The quantitative estimate of drug-likeness (QED) is 0.551. The second-order valence-electron chi connectivity index (χ2n) is 6.92. The Morgan fingerprint density at radius 3 is 2.58 bits per heavy atom. The maximum absolute atomic E-state index is 13.0. The number of aliphatic imine (C=N–C) groups is 1. The number of guanidine groups is 1. The van der Waals surface area contributed by atoms with Gasteiger partial charge in [-0.1, -0.05) is 13.8 Å². The maximum Gasteiger partial charge on any atom is 0.226 e. The molecular weight excluding hydrogens is 331 g/mol. The van der Waals surface area contributed by atoms with E-state index in [1.807, 2.05) is 0 Å². The molecule has 0 spiro atoms. The summed E-state index contributed by atoms with van der Waals surface area (Å²) in [7, 11) is 1.77. The molecule has 1 heterocycles. The van der Waals surface area contributed by atoms with Crippen LogP contribution in [0.2, 0.25) is 0 Å². The predicted octanol–water partition coefficient (Wildman–Crippen LogP) is 4.01. The Morgan fingerprint density at radius 1 is 1.19 bits per heavy atom. The summed E-state index contributed by atoms with van der Waals surface area (Å²) in [5, 5.41) is 6.70. The van der Waals surface area contributed by atoms with Crippen molar-refractivity contribution in [2.75, 3.05) is 13.6 Å². The second kappa shape index (κ2) is 9.94. The summed E-state index contributed by atoms with van der Waals surface area (Å²) in [6.45, 7) is 7.34. The largest absolute Gasteiger partial charge is 0.444 e. The topological polar surface area (TPSA) is 62.5 Å². The first-order chi connectivity index (χ1) is 12.5. The van der Waals surface area contributed by atoms with Crippen molar-refractivity contribution in [3.05, 3.63) is 42.0 Å². The fourth-order valence-corrected chi connectivity index (χ4v) is 2.54. The average Bonchev–Trinajstić information content (AvgIpc) is 3.08. The van der Waals surface area contributed by atoms with Gasteiger partial charge in [0.25, 0.3) is 0 Å². The lowest BCUT2D eigenvalue weighted by Gasteiger charge is -2.18. The Hall–Kier alpha value is -2.37. The first-order valence-corrected chi connectivity index (χ1v) is 9.15. The van der Waals surface area contributed by atoms with Gasteiger partial charge in [0.2, 0.25) is 5.89 Å². The molecule has 1 atom stereocenters. The molecule has 0 radical (unpaired) electrons. The van der Waals surface area contributed by atoms with E-state index < -0.39 is 0 Å². The number of benzene rings is 1. The van der Waals surface area contributed by atoms with E-state index in [0.29, 0.717) is 30.8 Å². The van der Waals surface area contributed by atoms with Gasteiger partial charge in [0.1, 0.15) is 12.1 Å². The van der Waals surface area contributed by atoms with Gasteiger partial charge in [0.15, 0.2) is 5.96 Å². The summed E-state index contributed by atoms with van der Waals surface area (Å²) >= 11 is 0. The molecule has 0 saturated heterocycles. The van der Waals surface area contributed by atoms with Crippen molar-refractivity contribution in [1.82, 2.24) is 15.6 Å². The number of nitrogens with zero attached hydrogens (tertiary/aromatic N) is 2. The van der Waals surface area contributed by atoms with E-state index >= 15 is 0 Å². The number of halogens is 1. The third-order valence-corrected chi connectivity index (χ3v) is 4.10. The molecule has 2 N–H and O–H groups in total. The van der Waals surface area contributed by atoms with Gasteiger partial charge in [-0.15, -0.1) is 0 Å². The van der Waals surface area contributed by atoms with Crippen LogP contribution in [0.1, 0.15) is 39.3 Å². The Morgan fingerprint density at radius 2 is 1.92 bits per heavy atom. The molecule has 1 aromatic heterocycles. The molecule has 26 heavy (non-hydrogen) atoms. The zero-order valence-corrected chi connectivity index (χ0v) is 16.1. The lowest BCUT2D eigenvalue weighted by Crippen LogP contribution is -2.43. The molecule has 0 aliphatic heterocycles. The lowest BCUT2D eigenvalue weighted by atomic mass is 10.0. The van der Waals surface area contributed by atoms with Gasteiger partial charge in [0, 0.05) is 31.6 Å². The van der Waals surface area contributed by atoms with Gasteiger partial charge < -0.3 is 15.1 Å². The smallest absolute Gasteiger partial charge is 0.226 e. The standard InChI is InChI=1S/C20H29FN4O/c1-14(2)5-6-15(3)24-20(22-4)23-12-11-18-13-26-19(25-18)16-7-9-17(21)10-8-16/h7-10,13-15H,5-6,11-12H2,1-4H3,(H2,22,23,24). The molecule has 6 heteroatoms. The molecule has 0 bridgehead atoms. The van der Waals surface area contributed by atoms with Gasteiger partial charge in [0.05, 0.1) is 5.69 Å². The Balaban J connectivity index is 1.79. The van der Waals surface area contributed by atoms with E-state index in [9.17, 15) is 4.39 Å². The number of hydrogen-bond donors (Lipinski definition) is 2. The van der Waals surface area contributed by atoms with Crippen molar-refractivity contribution in [1.29, 1.82) is 0 Å². The molecule has 5 nitrogen and oxygen atoms in total. The summed E-state index contributed by atoms with van der Waals surface area (Å²) in [5.41, 5.74) is 1.61. The van der Waals surface area contributed by atoms with Gasteiger partial charge in [-0.25, -0.2) is 9.37 Å². The van der Waals surface area contributed by atoms with Crippen molar-refractivity contribution in [2.24, 2.45) is 10.9 Å². The highest BCUT2D eigenvalue weighted by atomic mass is 19.1. The minimum absolute atomic E-state index is 0.272. The zero-order valence-electron chi connectivity index (χ0n) is 16.1. The Kier molecular flexibility index (Phi) is 7.63. The number of hydrogen-bond acceptors (Lipinski definition) is 3. The van der Waals surface area contributed by atoms with Crippen molar-refractivity contribution in [3.8, 4) is 11.5 Å². The van der Waals surface area contributed by atoms with E-state index in [0.717, 1.165) is 23.6 Å². The molecule has 0 saturated carbocycles. The fraction of sp³-hybridized carbons (Fsp3) is 0.500. The van der Waals surface area contributed by atoms with Crippen LogP contribution in [0, 0.1) is 11.7 Å². The van der Waals surface area contributed by atoms with E-state index in [1.54, 1.807) is 25.4 Å². The molecule has 0 amide bonds. The molecule has 142 valence electrons. The first-order valence-electron chi connectivity index (χ1n) is 9.15. The molecule has 2 aromatic rings. The van der Waals surface area contributed by atoms with Crippen LogP contribution in [0.15, 0.2) is 39.9 Å². The molecule has 0 aliphatic rings. The number of rotatable bonds is 8. The minimum Gasteiger partial charge on any atom is -0.444 e. The van der Waals surface area contributed by atoms with Gasteiger partial charge in [-0.2, -0.15) is 0 Å². The highest BCUT2D eigenvalue weighted by Gasteiger charge is 2.09. The summed E-state index contributed by atoms with van der Waals surface area (Å²) in [4.78, 5) is 8.72. The highest BCUT2D eigenvalue weighted by Crippen LogP contribution is 2.18. The number of nitrogens with one attached hydrogen (secondary N) is 2. The van der Waals surface area contributed by atoms with Crippen LogP contribution in [-0.4, -0.2) is 30.6 Å². The normalized spacial score (nSPS) is 13.1. The Labute approximate surface area is 155 Å². The highest BCUT2D eigenvalue weighted by molar-refractivity contribution is 5.79. The van der Waals surface area contributed by atoms with E-state index in [2.05, 4.69) is 41.4 Å². The van der Waals surface area contributed by atoms with E-state index in [1.165, 1.54) is 18.6 Å². The third-order valence-electron chi connectivity index (χ3n) is 4.10. The molecule has 1 aromatic carbocycles. The molecular formula is C20H29FN4O. The number of aromatic nitrogens is 1. The van der Waals surface area contributed by atoms with Crippen molar-refractivity contribution >= 4 is 5.96 Å². The molecule has 0 fully saturated rings. The first kappa shape index (κ1) is 19.9. The van der Waals surface area contributed by atoms with Gasteiger partial charge in [-0.3, -0.25) is 4.99 Å². The molecule has 1 unspecified atom stereocenters. The fourth-order valence-electron chi connectivity index (χ4n) is 2.54. The van der Waals surface area contributed by atoms with Crippen LogP contribution in [0.3, 0.4) is 0 Å². The van der Waals surface area contributed by atoms with Crippen LogP contribution < -0.4 is 10.6 Å². The second-order valence-corrected chi connectivity index (χ2v) is 6.92. The summed E-state index contributed by atoms with van der Waals surface area (Å²) in [5.74, 6) is 1.73. The maximum atomic E-state index is 13.0. The summed E-state index contributed by atoms with van der Waals surface area (Å²) in [6, 6.07) is 6.50. The summed E-state index contributed by atoms with van der Waals surface area (Å²) in [6.07, 6.45) is 4.66. The van der Waals surface area contributed by atoms with Crippen LogP contribution >= 0.6 is 0 Å². The van der Waals surface area contributed by atoms with E-state index in [4.69, 9.17) is 4.42 Å². The van der Waals surface area contributed by atoms with Crippen LogP contribution in [0.4, 0.5) is 4.39 Å². The third kappa shape index (κ3) is 6.50. The molecule has 0 aliphatic carbocycles. The van der Waals surface area contributed by atoms with Crippen molar-refractivity contribution in [3.63, 3.8) is 0 Å². The van der Waals surface area contributed by atoms with Crippen LogP contribution in [0.25, 0.3) is 11.5 Å².